The van der Waals surface area contributed by atoms with Gasteiger partial charge in [-0.1, -0.05) is 40.5 Å². The van der Waals surface area contributed by atoms with Crippen LogP contribution in [0.3, 0.4) is 0 Å². The van der Waals surface area contributed by atoms with Crippen molar-refractivity contribution < 1.29 is 48.4 Å². The van der Waals surface area contributed by atoms with E-state index < -0.39 is 84.4 Å². The third kappa shape index (κ3) is 18.4. The Morgan fingerprint density at radius 3 is 2.27 bits per heavy atom. The van der Waals surface area contributed by atoms with Crippen LogP contribution >= 0.6 is 11.8 Å². The highest BCUT2D eigenvalue weighted by Crippen LogP contribution is 2.33. The predicted molar refractivity (Wildman–Crippen MR) is 231 cm³/mol. The molecule has 2 aliphatic rings. The first-order valence-corrected chi connectivity index (χ1v) is 22.6. The molecule has 13 N–H and O–H groups in total. The SMILES string of the molecule is CC[C@H](C)[C@H](NC(=O)C(CC(=O)NO)CC(C)C)C(=O)N[C@@H](Cc1cnc[nH]1)C(=O)NCC(=O)NCC(=O)N[C@@H](CCCCNC(=O)CCCC[C@@H]1SC[C@@H]2NC(=O)N[C@@H]21)C(N)=O. The molecule has 3 rings (SSSR count). The largest absolute Gasteiger partial charge is 0.368 e. The number of carbonyl (C=O) groups is 9. The van der Waals surface area contributed by atoms with Gasteiger partial charge in [-0.2, -0.15) is 11.8 Å². The minimum absolute atomic E-state index is 0.0213. The number of primary amides is 1. The van der Waals surface area contributed by atoms with E-state index in [2.05, 4.69) is 52.5 Å². The van der Waals surface area contributed by atoms with E-state index in [1.165, 1.54) is 18.0 Å². The molecular weight excluding hydrogens is 841 g/mol. The van der Waals surface area contributed by atoms with Crippen molar-refractivity contribution >= 4 is 65.1 Å². The second-order valence-electron chi connectivity index (χ2n) is 16.5. The molecule has 10 amide bonds. The zero-order valence-electron chi connectivity index (χ0n) is 36.5. The molecule has 3 heterocycles. The van der Waals surface area contributed by atoms with Gasteiger partial charge in [-0.3, -0.25) is 43.6 Å². The van der Waals surface area contributed by atoms with E-state index in [1.807, 2.05) is 32.5 Å². The second-order valence-corrected chi connectivity index (χ2v) is 17.8. The fourth-order valence-electron chi connectivity index (χ4n) is 7.31. The van der Waals surface area contributed by atoms with Gasteiger partial charge in [-0.25, -0.2) is 15.3 Å². The first kappa shape index (κ1) is 51.9. The van der Waals surface area contributed by atoms with Crippen LogP contribution in [-0.2, 0) is 44.8 Å². The summed E-state index contributed by atoms with van der Waals surface area (Å²) in [6.45, 7) is 6.58. The molecule has 1 aromatic rings. The number of rotatable bonds is 29. The monoisotopic (exact) mass is 906 g/mol. The molecule has 1 aromatic heterocycles. The van der Waals surface area contributed by atoms with Gasteiger partial charge in [-0.05, 0) is 50.4 Å². The summed E-state index contributed by atoms with van der Waals surface area (Å²) >= 11 is 1.84. The molecule has 8 atom stereocenters. The van der Waals surface area contributed by atoms with Crippen molar-refractivity contribution in [2.24, 2.45) is 23.5 Å². The summed E-state index contributed by atoms with van der Waals surface area (Å²) in [6, 6.07) is -3.17. The Hall–Kier alpha value is -5.45. The maximum Gasteiger partial charge on any atom is 0.315 e. The molecule has 352 valence electrons. The van der Waals surface area contributed by atoms with Crippen LogP contribution in [0.15, 0.2) is 12.5 Å². The fourth-order valence-corrected chi connectivity index (χ4v) is 8.85. The molecule has 1 unspecified atom stereocenters. The van der Waals surface area contributed by atoms with E-state index in [0.29, 0.717) is 49.6 Å². The van der Waals surface area contributed by atoms with E-state index in [1.54, 1.807) is 6.92 Å². The van der Waals surface area contributed by atoms with Crippen molar-refractivity contribution in [1.29, 1.82) is 0 Å². The molecule has 0 bridgehead atoms. The van der Waals surface area contributed by atoms with Crippen molar-refractivity contribution in [3.8, 4) is 0 Å². The highest BCUT2D eigenvalue weighted by Gasteiger charge is 2.42. The van der Waals surface area contributed by atoms with Crippen molar-refractivity contribution in [2.45, 2.75) is 134 Å². The molecule has 22 nitrogen and oxygen atoms in total. The van der Waals surface area contributed by atoms with Crippen LogP contribution in [0.4, 0.5) is 4.79 Å². The number of aromatic nitrogens is 2. The summed E-state index contributed by atoms with van der Waals surface area (Å²) in [5.74, 6) is -5.35. The number of hydrogen-bond donors (Lipinski definition) is 12. The number of unbranched alkanes of at least 4 members (excludes halogenated alkanes) is 2. The molecule has 0 aromatic carbocycles. The van der Waals surface area contributed by atoms with Crippen LogP contribution in [0.1, 0.15) is 97.6 Å². The minimum atomic E-state index is -1.23. The van der Waals surface area contributed by atoms with Crippen LogP contribution in [0.25, 0.3) is 0 Å². The number of thioether (sulfide) groups is 1. The Labute approximate surface area is 371 Å². The van der Waals surface area contributed by atoms with Gasteiger partial charge in [-0.15, -0.1) is 0 Å². The molecule has 23 heteroatoms. The quantitative estimate of drug-likeness (QED) is 0.0194. The third-order valence-electron chi connectivity index (χ3n) is 11.0. The maximum absolute atomic E-state index is 13.7. The van der Waals surface area contributed by atoms with Crippen LogP contribution in [-0.4, -0.2) is 129 Å². The normalized spacial score (nSPS) is 18.9. The first-order valence-electron chi connectivity index (χ1n) is 21.6. The smallest absolute Gasteiger partial charge is 0.315 e. The highest BCUT2D eigenvalue weighted by molar-refractivity contribution is 8.00. The molecule has 2 aliphatic heterocycles. The van der Waals surface area contributed by atoms with Crippen molar-refractivity contribution in [3.05, 3.63) is 18.2 Å². The van der Waals surface area contributed by atoms with Crippen molar-refractivity contribution in [2.75, 3.05) is 25.4 Å². The number of hydroxylamine groups is 1. The third-order valence-corrected chi connectivity index (χ3v) is 12.5. The van der Waals surface area contributed by atoms with Gasteiger partial charge in [0.25, 0.3) is 0 Å². The topological polar surface area (TPSA) is 337 Å². The summed E-state index contributed by atoms with van der Waals surface area (Å²) in [5.41, 5.74) is 7.52. The standard InChI is InChI=1S/C40H66N12O10S/c1-5-23(4)34(50-37(58)24(14-22(2)3)15-31(54)52-62)39(60)48-27(16-25-17-42-21-46-25)38(59)45-18-32(55)44-19-33(56)47-26(36(41)57)10-8-9-13-43-30(53)12-7-6-11-29-35-28(20-63-29)49-40(61)51-35/h17,21-24,26-29,34-35,62H,5-16,18-20H2,1-4H3,(H2,41,57)(H,42,46)(H,43,53)(H,44,55)(H,45,59)(H,47,56)(H,48,60)(H,50,58)(H,52,54)(H2,49,51,61)/t23-,24?,26-,27-,28-,29-,34-,35-/m0/s1. The Kier molecular flexibility index (Phi) is 22.2. The zero-order valence-corrected chi connectivity index (χ0v) is 37.3. The van der Waals surface area contributed by atoms with Crippen LogP contribution in [0, 0.1) is 17.8 Å². The van der Waals surface area contributed by atoms with E-state index in [4.69, 9.17) is 10.9 Å². The second kappa shape index (κ2) is 26.9. The number of hydrogen-bond acceptors (Lipinski definition) is 12. The Morgan fingerprint density at radius 2 is 1.60 bits per heavy atom. The number of aromatic amines is 1. The number of nitrogens with two attached hydrogens (primary N) is 1. The molecule has 0 radical (unpaired) electrons. The Balaban J connectivity index is 1.41. The number of nitrogens with one attached hydrogen (secondary N) is 10. The van der Waals surface area contributed by atoms with Crippen molar-refractivity contribution in [3.63, 3.8) is 0 Å². The number of imidazole rings is 1. The fraction of sp³-hybridized carbons (Fsp3) is 0.700. The van der Waals surface area contributed by atoms with Crippen LogP contribution in [0.5, 0.6) is 0 Å². The average Bonchev–Trinajstić information content (AvgIpc) is 3.99. The molecule has 0 saturated carbocycles. The number of amides is 10. The predicted octanol–water partition coefficient (Wildman–Crippen LogP) is -1.26. The van der Waals surface area contributed by atoms with Gasteiger partial charge < -0.3 is 53.3 Å². The van der Waals surface area contributed by atoms with Gasteiger partial charge in [0.2, 0.25) is 47.3 Å². The van der Waals surface area contributed by atoms with E-state index in [9.17, 15) is 43.2 Å². The summed E-state index contributed by atoms with van der Waals surface area (Å²) in [7, 11) is 0. The minimum Gasteiger partial charge on any atom is -0.368 e. The lowest BCUT2D eigenvalue weighted by Crippen LogP contribution is -2.57. The van der Waals surface area contributed by atoms with E-state index >= 15 is 0 Å². The molecule has 63 heavy (non-hydrogen) atoms. The van der Waals surface area contributed by atoms with Gasteiger partial charge in [0.05, 0.1) is 31.5 Å². The number of urea groups is 1. The van der Waals surface area contributed by atoms with E-state index in [0.717, 1.165) is 25.0 Å². The van der Waals surface area contributed by atoms with Crippen molar-refractivity contribution in [1.82, 2.24) is 58.0 Å². The van der Waals surface area contributed by atoms with E-state index in [-0.39, 0.29) is 49.2 Å². The lowest BCUT2D eigenvalue weighted by atomic mass is 9.91. The number of fused-ring (bicyclic) bond motifs is 1. The number of H-pyrrole nitrogens is 1. The number of nitrogens with zero attached hydrogens (tertiary/aromatic N) is 1. The van der Waals surface area contributed by atoms with Crippen LogP contribution < -0.4 is 53.7 Å². The van der Waals surface area contributed by atoms with Crippen LogP contribution in [0.2, 0.25) is 0 Å². The highest BCUT2D eigenvalue weighted by atomic mass is 32.2. The maximum atomic E-state index is 13.7. The van der Waals surface area contributed by atoms with Gasteiger partial charge >= 0.3 is 6.03 Å². The molecule has 0 spiro atoms. The average molecular weight is 907 g/mol. The lowest BCUT2D eigenvalue weighted by Gasteiger charge is -2.28. The summed E-state index contributed by atoms with van der Waals surface area (Å²) in [6.07, 6.45) is 7.37. The number of carbonyl (C=O) groups excluding carboxylic acids is 9. The summed E-state index contributed by atoms with van der Waals surface area (Å²) in [5, 5.41) is 30.8. The van der Waals surface area contributed by atoms with Gasteiger partial charge in [0.15, 0.2) is 0 Å². The summed E-state index contributed by atoms with van der Waals surface area (Å²) < 4.78 is 0. The first-order chi connectivity index (χ1) is 30.0. The Bertz CT molecular complexity index is 1720. The van der Waals surface area contributed by atoms with Gasteiger partial charge in [0.1, 0.15) is 18.1 Å². The zero-order chi connectivity index (χ0) is 46.5. The molecule has 2 saturated heterocycles. The molecule has 2 fully saturated rings. The molecular formula is C40H66N12O10S. The molecule has 0 aliphatic carbocycles. The Morgan fingerprint density at radius 1 is 0.857 bits per heavy atom. The summed E-state index contributed by atoms with van der Waals surface area (Å²) in [4.78, 5) is 120. The lowest BCUT2D eigenvalue weighted by molar-refractivity contribution is -0.137. The van der Waals surface area contributed by atoms with Gasteiger partial charge in [0, 0.05) is 54.6 Å².